The number of pyridine rings is 1. The van der Waals surface area contributed by atoms with Gasteiger partial charge in [-0.25, -0.2) is 0 Å². The second-order valence-electron chi connectivity index (χ2n) is 3.64. The van der Waals surface area contributed by atoms with Gasteiger partial charge in [0, 0.05) is 7.05 Å². The van der Waals surface area contributed by atoms with Gasteiger partial charge in [0.1, 0.15) is 0 Å². The number of aldehydes is 1. The average molecular weight is 201 g/mol. The van der Waals surface area contributed by atoms with Gasteiger partial charge in [0.15, 0.2) is 6.29 Å². The van der Waals surface area contributed by atoms with Crippen molar-refractivity contribution >= 4 is 17.2 Å². The van der Waals surface area contributed by atoms with Crippen molar-refractivity contribution < 1.29 is 4.79 Å². The first-order chi connectivity index (χ1) is 7.13. The standard InChI is InChI=1S/C12H11NO2/c1-8-3-4-11-9(5-8)6-10(7-14)12(15)13(11)2/h3-7H,1-2H3. The third-order valence-electron chi connectivity index (χ3n) is 2.53. The van der Waals surface area contributed by atoms with Gasteiger partial charge in [-0.1, -0.05) is 11.6 Å². The first kappa shape index (κ1) is 9.65. The Hall–Kier alpha value is -1.90. The highest BCUT2D eigenvalue weighted by Gasteiger charge is 2.05. The summed E-state index contributed by atoms with van der Waals surface area (Å²) >= 11 is 0. The topological polar surface area (TPSA) is 39.1 Å². The predicted octanol–water partition coefficient (Wildman–Crippen LogP) is 1.66. The monoisotopic (exact) mass is 201 g/mol. The summed E-state index contributed by atoms with van der Waals surface area (Å²) in [4.78, 5) is 22.3. The molecule has 0 unspecified atom stereocenters. The van der Waals surface area contributed by atoms with Crippen molar-refractivity contribution in [3.63, 3.8) is 0 Å². The quantitative estimate of drug-likeness (QED) is 0.658. The molecule has 0 fully saturated rings. The number of hydrogen-bond acceptors (Lipinski definition) is 2. The van der Waals surface area contributed by atoms with E-state index >= 15 is 0 Å². The second kappa shape index (κ2) is 3.35. The van der Waals surface area contributed by atoms with Gasteiger partial charge in [0.25, 0.3) is 5.56 Å². The van der Waals surface area contributed by atoms with Crippen LogP contribution in [0.2, 0.25) is 0 Å². The van der Waals surface area contributed by atoms with Crippen molar-refractivity contribution in [1.29, 1.82) is 0 Å². The molecule has 0 radical (unpaired) electrons. The fourth-order valence-corrected chi connectivity index (χ4v) is 1.71. The molecule has 0 saturated heterocycles. The first-order valence-electron chi connectivity index (χ1n) is 4.69. The van der Waals surface area contributed by atoms with Gasteiger partial charge in [-0.2, -0.15) is 0 Å². The van der Waals surface area contributed by atoms with Gasteiger partial charge in [0.2, 0.25) is 0 Å². The Bertz CT molecular complexity index is 596. The van der Waals surface area contributed by atoms with E-state index in [1.165, 1.54) is 4.57 Å². The zero-order valence-electron chi connectivity index (χ0n) is 8.65. The van der Waals surface area contributed by atoms with E-state index in [9.17, 15) is 9.59 Å². The van der Waals surface area contributed by atoms with E-state index in [1.807, 2.05) is 25.1 Å². The van der Waals surface area contributed by atoms with Gasteiger partial charge in [-0.3, -0.25) is 9.59 Å². The van der Waals surface area contributed by atoms with Crippen molar-refractivity contribution in [2.24, 2.45) is 7.05 Å². The average Bonchev–Trinajstić information content (AvgIpc) is 2.23. The minimum absolute atomic E-state index is 0.204. The van der Waals surface area contributed by atoms with Crippen molar-refractivity contribution in [2.75, 3.05) is 0 Å². The van der Waals surface area contributed by atoms with Crippen molar-refractivity contribution in [3.05, 3.63) is 45.7 Å². The number of carbonyl (C=O) groups is 1. The van der Waals surface area contributed by atoms with Gasteiger partial charge < -0.3 is 4.57 Å². The minimum atomic E-state index is -0.249. The Labute approximate surface area is 87.0 Å². The number of rotatable bonds is 1. The number of fused-ring (bicyclic) bond motifs is 1. The largest absolute Gasteiger partial charge is 0.311 e. The van der Waals surface area contributed by atoms with Gasteiger partial charge in [-0.15, -0.1) is 0 Å². The van der Waals surface area contributed by atoms with E-state index in [1.54, 1.807) is 13.1 Å². The molecular weight excluding hydrogens is 190 g/mol. The number of carbonyl (C=O) groups excluding carboxylic acids is 1. The molecule has 0 aliphatic rings. The van der Waals surface area contributed by atoms with Crippen LogP contribution >= 0.6 is 0 Å². The summed E-state index contributed by atoms with van der Waals surface area (Å²) in [6.45, 7) is 1.98. The number of hydrogen-bond donors (Lipinski definition) is 0. The molecule has 0 saturated carbocycles. The van der Waals surface area contributed by atoms with Gasteiger partial charge in [0.05, 0.1) is 11.1 Å². The summed E-state index contributed by atoms with van der Waals surface area (Å²) in [7, 11) is 1.67. The lowest BCUT2D eigenvalue weighted by atomic mass is 10.1. The van der Waals surface area contributed by atoms with Crippen LogP contribution in [-0.2, 0) is 7.05 Å². The molecular formula is C12H11NO2. The molecule has 1 heterocycles. The summed E-state index contributed by atoms with van der Waals surface area (Å²) in [5, 5.41) is 0.916. The third-order valence-corrected chi connectivity index (χ3v) is 2.53. The Morgan fingerprint density at radius 2 is 2.00 bits per heavy atom. The number of aryl methyl sites for hydroxylation is 2. The van der Waals surface area contributed by atoms with E-state index in [4.69, 9.17) is 0 Å². The lowest BCUT2D eigenvalue weighted by Crippen LogP contribution is -2.20. The number of benzene rings is 1. The summed E-state index contributed by atoms with van der Waals surface area (Å²) in [5.74, 6) is 0. The fourth-order valence-electron chi connectivity index (χ4n) is 1.71. The van der Waals surface area contributed by atoms with Gasteiger partial charge >= 0.3 is 0 Å². The molecule has 1 aromatic heterocycles. The van der Waals surface area contributed by atoms with E-state index in [2.05, 4.69) is 0 Å². The normalized spacial score (nSPS) is 10.5. The van der Waals surface area contributed by atoms with Crippen LogP contribution in [0.3, 0.4) is 0 Å². The van der Waals surface area contributed by atoms with Crippen LogP contribution in [0.15, 0.2) is 29.1 Å². The molecule has 2 aromatic rings. The Kier molecular flexibility index (Phi) is 2.15. The molecule has 76 valence electrons. The zero-order valence-corrected chi connectivity index (χ0v) is 8.65. The molecule has 0 aliphatic carbocycles. The first-order valence-corrected chi connectivity index (χ1v) is 4.69. The zero-order chi connectivity index (χ0) is 11.0. The van der Waals surface area contributed by atoms with E-state index in [0.717, 1.165) is 16.5 Å². The van der Waals surface area contributed by atoms with Crippen molar-refractivity contribution in [1.82, 2.24) is 4.57 Å². The molecule has 0 spiro atoms. The molecule has 0 atom stereocenters. The molecule has 3 nitrogen and oxygen atoms in total. The highest BCUT2D eigenvalue weighted by molar-refractivity contribution is 5.86. The Morgan fingerprint density at radius 3 is 2.67 bits per heavy atom. The van der Waals surface area contributed by atoms with Crippen LogP contribution in [0.5, 0.6) is 0 Å². The Morgan fingerprint density at radius 1 is 1.27 bits per heavy atom. The van der Waals surface area contributed by atoms with Crippen LogP contribution in [0.25, 0.3) is 10.9 Å². The molecule has 15 heavy (non-hydrogen) atoms. The van der Waals surface area contributed by atoms with Crippen LogP contribution in [0.4, 0.5) is 0 Å². The van der Waals surface area contributed by atoms with Crippen LogP contribution in [-0.4, -0.2) is 10.9 Å². The highest BCUT2D eigenvalue weighted by atomic mass is 16.1. The summed E-state index contributed by atoms with van der Waals surface area (Å²) in [6.07, 6.45) is 0.601. The SMILES string of the molecule is Cc1ccc2c(c1)cc(C=O)c(=O)n2C. The summed E-state index contributed by atoms with van der Waals surface area (Å²) in [6, 6.07) is 7.43. The highest BCUT2D eigenvalue weighted by Crippen LogP contribution is 2.14. The fraction of sp³-hybridized carbons (Fsp3) is 0.167. The van der Waals surface area contributed by atoms with Crippen LogP contribution in [0, 0.1) is 6.92 Å². The molecule has 0 bridgehead atoms. The van der Waals surface area contributed by atoms with Crippen molar-refractivity contribution in [2.45, 2.75) is 6.92 Å². The molecule has 0 N–H and O–H groups in total. The molecule has 0 amide bonds. The summed E-state index contributed by atoms with van der Waals surface area (Å²) in [5.41, 5.74) is 1.91. The van der Waals surface area contributed by atoms with Crippen LogP contribution < -0.4 is 5.56 Å². The molecule has 0 aliphatic heterocycles. The van der Waals surface area contributed by atoms with E-state index in [-0.39, 0.29) is 11.1 Å². The summed E-state index contributed by atoms with van der Waals surface area (Å²) < 4.78 is 1.50. The maximum atomic E-state index is 11.6. The maximum absolute atomic E-state index is 11.6. The van der Waals surface area contributed by atoms with Gasteiger partial charge in [-0.05, 0) is 30.5 Å². The third kappa shape index (κ3) is 1.46. The van der Waals surface area contributed by atoms with Crippen molar-refractivity contribution in [3.8, 4) is 0 Å². The van der Waals surface area contributed by atoms with E-state index < -0.39 is 0 Å². The van der Waals surface area contributed by atoms with Crippen LogP contribution in [0.1, 0.15) is 15.9 Å². The molecule has 3 heteroatoms. The lowest BCUT2D eigenvalue weighted by molar-refractivity contribution is 0.112. The van der Waals surface area contributed by atoms with E-state index in [0.29, 0.717) is 6.29 Å². The Balaban J connectivity index is 2.97. The molecule has 2 rings (SSSR count). The predicted molar refractivity (Wildman–Crippen MR) is 59.3 cm³/mol. The smallest absolute Gasteiger partial charge is 0.261 e. The number of nitrogens with zero attached hydrogens (tertiary/aromatic N) is 1. The second-order valence-corrected chi connectivity index (χ2v) is 3.64. The molecule has 1 aromatic carbocycles. The maximum Gasteiger partial charge on any atom is 0.261 e. The number of aromatic nitrogens is 1. The lowest BCUT2D eigenvalue weighted by Gasteiger charge is -2.06. The minimum Gasteiger partial charge on any atom is -0.311 e.